The first-order chi connectivity index (χ1) is 7.16. The maximum Gasteiger partial charge on any atom is 0.346 e. The first-order valence-corrected chi connectivity index (χ1v) is 4.84. The van der Waals surface area contributed by atoms with Crippen molar-refractivity contribution in [2.45, 2.75) is 19.9 Å². The normalized spacial score (nSPS) is 10.1. The van der Waals surface area contributed by atoms with Crippen molar-refractivity contribution in [2.24, 2.45) is 0 Å². The van der Waals surface area contributed by atoms with Crippen LogP contribution in [0.1, 0.15) is 13.8 Å². The number of amides is 2. The van der Waals surface area contributed by atoms with E-state index in [0.717, 1.165) is 5.69 Å². The van der Waals surface area contributed by atoms with E-state index in [-0.39, 0.29) is 12.1 Å². The standard InChI is InChI=1S/C11H16N2O2/c1-9(2)13(11(14)12-15-3)10-7-5-4-6-8-10/h4-9H,1-3H3,(H,12,14). The number of carbonyl (C=O) groups excluding carboxylic acids is 1. The van der Waals surface area contributed by atoms with Crippen molar-refractivity contribution in [3.63, 3.8) is 0 Å². The van der Waals surface area contributed by atoms with Crippen molar-refractivity contribution in [3.8, 4) is 0 Å². The molecule has 4 heteroatoms. The molecule has 0 saturated carbocycles. The molecule has 0 spiro atoms. The van der Waals surface area contributed by atoms with Crippen molar-refractivity contribution in [2.75, 3.05) is 12.0 Å². The molecular weight excluding hydrogens is 192 g/mol. The fraction of sp³-hybridized carbons (Fsp3) is 0.364. The second kappa shape index (κ2) is 5.36. The first-order valence-electron chi connectivity index (χ1n) is 4.84. The van der Waals surface area contributed by atoms with Gasteiger partial charge in [-0.3, -0.25) is 9.74 Å². The Morgan fingerprint density at radius 1 is 1.33 bits per heavy atom. The summed E-state index contributed by atoms with van der Waals surface area (Å²) in [4.78, 5) is 17.9. The highest BCUT2D eigenvalue weighted by Gasteiger charge is 2.18. The van der Waals surface area contributed by atoms with E-state index in [1.165, 1.54) is 7.11 Å². The second-order valence-electron chi connectivity index (χ2n) is 3.41. The molecule has 0 unspecified atom stereocenters. The minimum absolute atomic E-state index is 0.0718. The Morgan fingerprint density at radius 3 is 2.40 bits per heavy atom. The van der Waals surface area contributed by atoms with Gasteiger partial charge in [-0.2, -0.15) is 0 Å². The number of nitrogens with one attached hydrogen (secondary N) is 1. The summed E-state index contributed by atoms with van der Waals surface area (Å²) < 4.78 is 0. The maximum atomic E-state index is 11.7. The molecule has 1 N–H and O–H groups in total. The van der Waals surface area contributed by atoms with Crippen LogP contribution in [0.5, 0.6) is 0 Å². The molecule has 0 saturated heterocycles. The number of para-hydroxylation sites is 1. The van der Waals surface area contributed by atoms with Crippen LogP contribution in [0.2, 0.25) is 0 Å². The molecule has 0 heterocycles. The van der Waals surface area contributed by atoms with Gasteiger partial charge in [0.1, 0.15) is 0 Å². The number of benzene rings is 1. The summed E-state index contributed by atoms with van der Waals surface area (Å²) in [5.41, 5.74) is 3.16. The predicted molar refractivity (Wildman–Crippen MR) is 59.6 cm³/mol. The summed E-state index contributed by atoms with van der Waals surface area (Å²) in [5.74, 6) is 0. The van der Waals surface area contributed by atoms with Gasteiger partial charge in [0, 0.05) is 11.7 Å². The van der Waals surface area contributed by atoms with Gasteiger partial charge >= 0.3 is 6.03 Å². The fourth-order valence-electron chi connectivity index (χ4n) is 1.37. The largest absolute Gasteiger partial charge is 0.346 e. The van der Waals surface area contributed by atoms with E-state index in [1.807, 2.05) is 44.2 Å². The Labute approximate surface area is 89.8 Å². The lowest BCUT2D eigenvalue weighted by molar-refractivity contribution is 0.110. The highest BCUT2D eigenvalue weighted by atomic mass is 16.6. The zero-order chi connectivity index (χ0) is 11.3. The van der Waals surface area contributed by atoms with Crippen LogP contribution in [-0.2, 0) is 4.84 Å². The number of nitrogens with zero attached hydrogens (tertiary/aromatic N) is 1. The van der Waals surface area contributed by atoms with Crippen LogP contribution >= 0.6 is 0 Å². The molecule has 0 bridgehead atoms. The zero-order valence-electron chi connectivity index (χ0n) is 9.23. The molecular formula is C11H16N2O2. The van der Waals surface area contributed by atoms with E-state index in [1.54, 1.807) is 4.90 Å². The van der Waals surface area contributed by atoms with E-state index in [9.17, 15) is 4.79 Å². The van der Waals surface area contributed by atoms with E-state index in [0.29, 0.717) is 0 Å². The number of rotatable bonds is 3. The molecule has 0 aliphatic heterocycles. The molecule has 0 radical (unpaired) electrons. The second-order valence-corrected chi connectivity index (χ2v) is 3.41. The van der Waals surface area contributed by atoms with Gasteiger partial charge in [0.15, 0.2) is 0 Å². The van der Waals surface area contributed by atoms with E-state index in [2.05, 4.69) is 10.3 Å². The molecule has 15 heavy (non-hydrogen) atoms. The summed E-state index contributed by atoms with van der Waals surface area (Å²) in [5, 5.41) is 0. The Morgan fingerprint density at radius 2 is 1.93 bits per heavy atom. The van der Waals surface area contributed by atoms with Gasteiger partial charge in [-0.1, -0.05) is 18.2 Å². The molecule has 82 valence electrons. The Hall–Kier alpha value is -1.55. The number of anilines is 1. The zero-order valence-corrected chi connectivity index (χ0v) is 9.23. The molecule has 4 nitrogen and oxygen atoms in total. The first kappa shape index (κ1) is 11.5. The average Bonchev–Trinajstić information content (AvgIpc) is 2.19. The van der Waals surface area contributed by atoms with Crippen molar-refractivity contribution in [1.29, 1.82) is 0 Å². The van der Waals surface area contributed by atoms with E-state index in [4.69, 9.17) is 0 Å². The summed E-state index contributed by atoms with van der Waals surface area (Å²) in [6.45, 7) is 3.89. The minimum Gasteiger partial charge on any atom is -0.290 e. The fourth-order valence-corrected chi connectivity index (χ4v) is 1.37. The van der Waals surface area contributed by atoms with Gasteiger partial charge in [0.2, 0.25) is 0 Å². The SMILES string of the molecule is CONC(=O)N(c1ccccc1)C(C)C. The molecule has 0 aliphatic rings. The highest BCUT2D eigenvalue weighted by molar-refractivity contribution is 5.91. The number of urea groups is 1. The van der Waals surface area contributed by atoms with Crippen molar-refractivity contribution in [1.82, 2.24) is 5.48 Å². The van der Waals surface area contributed by atoms with Crippen LogP contribution in [0.4, 0.5) is 10.5 Å². The quantitative estimate of drug-likeness (QED) is 0.773. The lowest BCUT2D eigenvalue weighted by Gasteiger charge is -2.26. The predicted octanol–water partition coefficient (Wildman–Crippen LogP) is 2.17. The molecule has 2 amide bonds. The summed E-state index contributed by atoms with van der Waals surface area (Å²) in [7, 11) is 1.42. The molecule has 0 fully saturated rings. The third-order valence-corrected chi connectivity index (χ3v) is 1.96. The molecule has 0 aliphatic carbocycles. The molecule has 1 aromatic carbocycles. The summed E-state index contributed by atoms with van der Waals surface area (Å²) >= 11 is 0. The number of hydrogen-bond donors (Lipinski definition) is 1. The van der Waals surface area contributed by atoms with Crippen LogP contribution in [-0.4, -0.2) is 19.2 Å². The average molecular weight is 208 g/mol. The molecule has 1 aromatic rings. The van der Waals surface area contributed by atoms with Gasteiger partial charge < -0.3 is 0 Å². The van der Waals surface area contributed by atoms with Crippen molar-refractivity contribution >= 4 is 11.7 Å². The lowest BCUT2D eigenvalue weighted by atomic mass is 10.2. The van der Waals surface area contributed by atoms with Gasteiger partial charge in [0.05, 0.1) is 7.11 Å². The van der Waals surface area contributed by atoms with Gasteiger partial charge in [-0.15, -0.1) is 0 Å². The topological polar surface area (TPSA) is 41.6 Å². The smallest absolute Gasteiger partial charge is 0.290 e. The van der Waals surface area contributed by atoms with E-state index >= 15 is 0 Å². The van der Waals surface area contributed by atoms with Gasteiger partial charge in [0.25, 0.3) is 0 Å². The monoisotopic (exact) mass is 208 g/mol. The lowest BCUT2D eigenvalue weighted by Crippen LogP contribution is -2.43. The summed E-state index contributed by atoms with van der Waals surface area (Å²) in [6.07, 6.45) is 0. The maximum absolute atomic E-state index is 11.7. The third kappa shape index (κ3) is 2.95. The molecule has 1 rings (SSSR count). The van der Waals surface area contributed by atoms with Gasteiger partial charge in [-0.05, 0) is 26.0 Å². The van der Waals surface area contributed by atoms with Crippen LogP contribution in [0, 0.1) is 0 Å². The van der Waals surface area contributed by atoms with Crippen LogP contribution < -0.4 is 10.4 Å². The third-order valence-electron chi connectivity index (χ3n) is 1.96. The van der Waals surface area contributed by atoms with Crippen LogP contribution in [0.15, 0.2) is 30.3 Å². The van der Waals surface area contributed by atoms with Crippen molar-refractivity contribution in [3.05, 3.63) is 30.3 Å². The molecule has 0 aromatic heterocycles. The number of carbonyl (C=O) groups is 1. The highest BCUT2D eigenvalue weighted by Crippen LogP contribution is 2.16. The Bertz CT molecular complexity index is 312. The minimum atomic E-state index is -0.265. The Balaban J connectivity index is 2.88. The van der Waals surface area contributed by atoms with Gasteiger partial charge in [-0.25, -0.2) is 10.3 Å². The number of hydrogen-bond acceptors (Lipinski definition) is 2. The molecule has 0 atom stereocenters. The van der Waals surface area contributed by atoms with Crippen LogP contribution in [0.25, 0.3) is 0 Å². The number of hydroxylamine groups is 1. The van der Waals surface area contributed by atoms with Crippen LogP contribution in [0.3, 0.4) is 0 Å². The Kier molecular flexibility index (Phi) is 4.12. The van der Waals surface area contributed by atoms with Crippen molar-refractivity contribution < 1.29 is 9.63 Å². The van der Waals surface area contributed by atoms with E-state index < -0.39 is 0 Å². The summed E-state index contributed by atoms with van der Waals surface area (Å²) in [6, 6.07) is 9.28.